The zero-order valence-corrected chi connectivity index (χ0v) is 11.7. The van der Waals surface area contributed by atoms with Gasteiger partial charge in [-0.05, 0) is 31.4 Å². The normalized spacial score (nSPS) is 10.7. The molecule has 0 aliphatic heterocycles. The lowest BCUT2D eigenvalue weighted by Crippen LogP contribution is -2.16. The van der Waals surface area contributed by atoms with Crippen molar-refractivity contribution in [3.63, 3.8) is 0 Å². The molecule has 0 amide bonds. The molecule has 2 rings (SSSR count). The summed E-state index contributed by atoms with van der Waals surface area (Å²) in [6.07, 6.45) is 0.992. The van der Waals surface area contributed by atoms with Crippen LogP contribution in [0.4, 0.5) is 0 Å². The standard InChI is InChI=1S/C15H20N4/c1-4-13-10(2)18-19(11(13)3)9-12-7-5-6-8-14(12)15(16)17/h5-8H,4,9H2,1-3H3,(H3,16,17). The van der Waals surface area contributed by atoms with Gasteiger partial charge in [0.1, 0.15) is 5.84 Å². The van der Waals surface area contributed by atoms with Gasteiger partial charge in [0.05, 0.1) is 12.2 Å². The van der Waals surface area contributed by atoms with Crippen LogP contribution < -0.4 is 5.73 Å². The van der Waals surface area contributed by atoms with Crippen molar-refractivity contribution in [1.29, 1.82) is 5.41 Å². The Morgan fingerprint density at radius 3 is 2.58 bits per heavy atom. The lowest BCUT2D eigenvalue weighted by molar-refractivity contribution is 0.657. The van der Waals surface area contributed by atoms with Gasteiger partial charge >= 0.3 is 0 Å². The Hall–Kier alpha value is -2.10. The number of rotatable bonds is 4. The molecule has 4 heteroatoms. The fourth-order valence-electron chi connectivity index (χ4n) is 2.48. The van der Waals surface area contributed by atoms with Gasteiger partial charge in [0, 0.05) is 11.3 Å². The third-order valence-corrected chi connectivity index (χ3v) is 3.51. The zero-order chi connectivity index (χ0) is 14.0. The Morgan fingerprint density at radius 2 is 2.00 bits per heavy atom. The number of nitrogens with zero attached hydrogens (tertiary/aromatic N) is 2. The molecule has 2 aromatic rings. The van der Waals surface area contributed by atoms with E-state index in [4.69, 9.17) is 11.1 Å². The highest BCUT2D eigenvalue weighted by Crippen LogP contribution is 2.16. The molecule has 0 saturated carbocycles. The summed E-state index contributed by atoms with van der Waals surface area (Å²) in [6, 6.07) is 7.75. The maximum atomic E-state index is 7.63. The van der Waals surface area contributed by atoms with E-state index in [0.29, 0.717) is 6.54 Å². The fourth-order valence-corrected chi connectivity index (χ4v) is 2.48. The maximum absolute atomic E-state index is 7.63. The van der Waals surface area contributed by atoms with Gasteiger partial charge in [0.15, 0.2) is 0 Å². The second-order valence-electron chi connectivity index (χ2n) is 4.73. The highest BCUT2D eigenvalue weighted by molar-refractivity contribution is 5.96. The van der Waals surface area contributed by atoms with Crippen LogP contribution in [0.5, 0.6) is 0 Å². The van der Waals surface area contributed by atoms with Gasteiger partial charge in [-0.1, -0.05) is 31.2 Å². The third kappa shape index (κ3) is 2.52. The van der Waals surface area contributed by atoms with Crippen LogP contribution in [0.25, 0.3) is 0 Å². The van der Waals surface area contributed by atoms with Crippen molar-refractivity contribution in [3.8, 4) is 0 Å². The first-order valence-electron chi connectivity index (χ1n) is 6.49. The molecule has 19 heavy (non-hydrogen) atoms. The first-order valence-corrected chi connectivity index (χ1v) is 6.49. The van der Waals surface area contributed by atoms with Crippen molar-refractivity contribution in [2.24, 2.45) is 5.73 Å². The molecule has 100 valence electrons. The minimum Gasteiger partial charge on any atom is -0.384 e. The number of aryl methyl sites for hydroxylation is 1. The van der Waals surface area contributed by atoms with Gasteiger partial charge < -0.3 is 5.73 Å². The number of hydrogen-bond acceptors (Lipinski definition) is 2. The van der Waals surface area contributed by atoms with Gasteiger partial charge in [-0.15, -0.1) is 0 Å². The Labute approximate surface area is 113 Å². The number of nitrogens with one attached hydrogen (secondary N) is 1. The Morgan fingerprint density at radius 1 is 1.32 bits per heavy atom. The lowest BCUT2D eigenvalue weighted by Gasteiger charge is -2.10. The second-order valence-corrected chi connectivity index (χ2v) is 4.73. The van der Waals surface area contributed by atoms with Crippen LogP contribution in [0.15, 0.2) is 24.3 Å². The maximum Gasteiger partial charge on any atom is 0.123 e. The molecule has 0 radical (unpaired) electrons. The van der Waals surface area contributed by atoms with Gasteiger partial charge in [-0.2, -0.15) is 5.10 Å². The van der Waals surface area contributed by atoms with E-state index < -0.39 is 0 Å². The van der Waals surface area contributed by atoms with Crippen LogP contribution in [0.1, 0.15) is 35.0 Å². The summed E-state index contributed by atoms with van der Waals surface area (Å²) in [7, 11) is 0. The summed E-state index contributed by atoms with van der Waals surface area (Å²) in [5.74, 6) is 0.104. The smallest absolute Gasteiger partial charge is 0.123 e. The molecule has 0 fully saturated rings. The van der Waals surface area contributed by atoms with Crippen molar-refractivity contribution >= 4 is 5.84 Å². The van der Waals surface area contributed by atoms with E-state index in [1.54, 1.807) is 0 Å². The van der Waals surface area contributed by atoms with E-state index in [1.807, 2.05) is 35.9 Å². The van der Waals surface area contributed by atoms with Gasteiger partial charge in [0.25, 0.3) is 0 Å². The van der Waals surface area contributed by atoms with Crippen LogP contribution in [0.2, 0.25) is 0 Å². The summed E-state index contributed by atoms with van der Waals surface area (Å²) in [5.41, 5.74) is 11.0. The molecule has 4 nitrogen and oxygen atoms in total. The van der Waals surface area contributed by atoms with E-state index in [9.17, 15) is 0 Å². The highest BCUT2D eigenvalue weighted by atomic mass is 15.3. The van der Waals surface area contributed by atoms with Crippen LogP contribution in [-0.2, 0) is 13.0 Å². The van der Waals surface area contributed by atoms with Gasteiger partial charge in [0.2, 0.25) is 0 Å². The molecule has 0 atom stereocenters. The summed E-state index contributed by atoms with van der Waals surface area (Å²) >= 11 is 0. The molecular formula is C15H20N4. The van der Waals surface area contributed by atoms with Gasteiger partial charge in [-0.25, -0.2) is 0 Å². The Balaban J connectivity index is 2.39. The number of nitrogens with two attached hydrogens (primary N) is 1. The molecule has 0 spiro atoms. The monoisotopic (exact) mass is 256 g/mol. The highest BCUT2D eigenvalue weighted by Gasteiger charge is 2.12. The first kappa shape index (κ1) is 13.3. The molecule has 1 heterocycles. The molecule has 3 N–H and O–H groups in total. The molecule has 0 aliphatic carbocycles. The molecule has 0 unspecified atom stereocenters. The summed E-state index contributed by atoms with van der Waals surface area (Å²) in [6.45, 7) is 6.93. The quantitative estimate of drug-likeness (QED) is 0.651. The summed E-state index contributed by atoms with van der Waals surface area (Å²) in [5, 5.41) is 12.2. The van der Waals surface area contributed by atoms with Crippen molar-refractivity contribution in [3.05, 3.63) is 52.3 Å². The SMILES string of the molecule is CCc1c(C)nn(Cc2ccccc2C(=N)N)c1C. The van der Waals surface area contributed by atoms with E-state index in [2.05, 4.69) is 18.9 Å². The van der Waals surface area contributed by atoms with E-state index in [-0.39, 0.29) is 5.84 Å². The number of aromatic nitrogens is 2. The van der Waals surface area contributed by atoms with E-state index in [1.165, 1.54) is 11.3 Å². The number of nitrogen functional groups attached to an aromatic ring is 1. The number of amidine groups is 1. The number of hydrogen-bond donors (Lipinski definition) is 2. The van der Waals surface area contributed by atoms with Gasteiger partial charge in [-0.3, -0.25) is 10.1 Å². The molecule has 1 aromatic heterocycles. The van der Waals surface area contributed by atoms with Crippen molar-refractivity contribution in [2.75, 3.05) is 0 Å². The van der Waals surface area contributed by atoms with Crippen molar-refractivity contribution in [1.82, 2.24) is 9.78 Å². The third-order valence-electron chi connectivity index (χ3n) is 3.51. The minimum absolute atomic E-state index is 0.104. The summed E-state index contributed by atoms with van der Waals surface area (Å²) < 4.78 is 2.00. The predicted molar refractivity (Wildman–Crippen MR) is 77.6 cm³/mol. The Kier molecular flexibility index (Phi) is 3.69. The van der Waals surface area contributed by atoms with Crippen LogP contribution in [0.3, 0.4) is 0 Å². The predicted octanol–water partition coefficient (Wildman–Crippen LogP) is 2.39. The number of benzene rings is 1. The summed E-state index contributed by atoms with van der Waals surface area (Å²) in [4.78, 5) is 0. The molecule has 1 aromatic carbocycles. The average Bonchev–Trinajstić information content (AvgIpc) is 2.64. The molecule has 0 aliphatic rings. The first-order chi connectivity index (χ1) is 9.04. The second kappa shape index (κ2) is 5.26. The van der Waals surface area contributed by atoms with Crippen molar-refractivity contribution < 1.29 is 0 Å². The van der Waals surface area contributed by atoms with Crippen LogP contribution >= 0.6 is 0 Å². The van der Waals surface area contributed by atoms with E-state index >= 15 is 0 Å². The minimum atomic E-state index is 0.104. The van der Waals surface area contributed by atoms with E-state index in [0.717, 1.165) is 23.2 Å². The molecular weight excluding hydrogens is 236 g/mol. The Bertz CT molecular complexity index is 611. The van der Waals surface area contributed by atoms with Crippen molar-refractivity contribution in [2.45, 2.75) is 33.7 Å². The fraction of sp³-hybridized carbons (Fsp3) is 0.333. The van der Waals surface area contributed by atoms with Crippen LogP contribution in [0, 0.1) is 19.3 Å². The average molecular weight is 256 g/mol. The zero-order valence-electron chi connectivity index (χ0n) is 11.7. The largest absolute Gasteiger partial charge is 0.384 e. The van der Waals surface area contributed by atoms with Crippen LogP contribution in [-0.4, -0.2) is 15.6 Å². The molecule has 0 saturated heterocycles. The topological polar surface area (TPSA) is 67.7 Å². The lowest BCUT2D eigenvalue weighted by atomic mass is 10.1. The molecule has 0 bridgehead atoms.